The van der Waals surface area contributed by atoms with Gasteiger partial charge in [-0.2, -0.15) is 0 Å². The Hall–Kier alpha value is -0.960. The van der Waals surface area contributed by atoms with Crippen LogP contribution >= 0.6 is 0 Å². The highest BCUT2D eigenvalue weighted by molar-refractivity contribution is 5.08. The minimum absolute atomic E-state index is 0.395. The molecule has 0 aliphatic heterocycles. The van der Waals surface area contributed by atoms with Gasteiger partial charge in [0.15, 0.2) is 0 Å². The van der Waals surface area contributed by atoms with Gasteiger partial charge < -0.3 is 5.11 Å². The van der Waals surface area contributed by atoms with Gasteiger partial charge in [0.05, 0.1) is 17.0 Å². The second-order valence-electron chi connectivity index (χ2n) is 11.7. The van der Waals surface area contributed by atoms with Crippen LogP contribution in [0.15, 0.2) is 12.4 Å². The van der Waals surface area contributed by atoms with E-state index in [1.54, 1.807) is 0 Å². The van der Waals surface area contributed by atoms with E-state index in [1.165, 1.54) is 57.1 Å². The maximum Gasteiger partial charge on any atom is 0.0622 e. The molecule has 8 atom stereocenters. The molecule has 4 aliphatic rings. The van der Waals surface area contributed by atoms with Crippen LogP contribution in [0.1, 0.15) is 89.4 Å². The van der Waals surface area contributed by atoms with Gasteiger partial charge in [-0.3, -0.25) is 9.97 Å². The summed E-state index contributed by atoms with van der Waals surface area (Å²) in [7, 11) is 0. The van der Waals surface area contributed by atoms with Crippen LogP contribution in [0.5, 0.6) is 0 Å². The Labute approximate surface area is 177 Å². The van der Waals surface area contributed by atoms with Crippen LogP contribution in [0, 0.1) is 47.8 Å². The molecule has 1 N–H and O–H groups in total. The van der Waals surface area contributed by atoms with Crippen molar-refractivity contribution < 1.29 is 5.11 Å². The van der Waals surface area contributed by atoms with Gasteiger partial charge in [-0.25, -0.2) is 0 Å². The predicted molar refractivity (Wildman–Crippen MR) is 116 cm³/mol. The number of aryl methyl sites for hydroxylation is 2. The lowest BCUT2D eigenvalue weighted by molar-refractivity contribution is -0.0999. The zero-order valence-electron chi connectivity index (χ0n) is 18.7. The Bertz CT molecular complexity index is 746. The van der Waals surface area contributed by atoms with Crippen LogP contribution in [0.3, 0.4) is 0 Å². The summed E-state index contributed by atoms with van der Waals surface area (Å²) in [4.78, 5) is 9.05. The fourth-order valence-corrected chi connectivity index (χ4v) is 8.62. The maximum atomic E-state index is 10.6. The van der Waals surface area contributed by atoms with Crippen molar-refractivity contribution in [2.45, 2.75) is 97.0 Å². The van der Waals surface area contributed by atoms with Gasteiger partial charge in [0.25, 0.3) is 0 Å². The Kier molecular flexibility index (Phi) is 5.04. The van der Waals surface area contributed by atoms with Gasteiger partial charge in [-0.15, -0.1) is 0 Å². The van der Waals surface area contributed by atoms with Crippen molar-refractivity contribution in [2.24, 2.45) is 40.9 Å². The van der Waals surface area contributed by atoms with Gasteiger partial charge in [-0.05, 0) is 125 Å². The van der Waals surface area contributed by atoms with Crippen molar-refractivity contribution in [1.82, 2.24) is 9.97 Å². The molecule has 1 heterocycles. The number of fused-ring (bicyclic) bond motifs is 5. The Morgan fingerprint density at radius 3 is 2.62 bits per heavy atom. The van der Waals surface area contributed by atoms with Gasteiger partial charge in [0, 0.05) is 12.4 Å². The third-order valence-electron chi connectivity index (χ3n) is 9.99. The fourth-order valence-electron chi connectivity index (χ4n) is 8.62. The van der Waals surface area contributed by atoms with E-state index < -0.39 is 5.60 Å². The largest absolute Gasteiger partial charge is 0.390 e. The molecule has 0 unspecified atom stereocenters. The summed E-state index contributed by atoms with van der Waals surface area (Å²) in [6.07, 6.45) is 18.1. The summed E-state index contributed by atoms with van der Waals surface area (Å²) in [6.45, 7) is 6.77. The summed E-state index contributed by atoms with van der Waals surface area (Å²) in [5.74, 6) is 5.41. The average molecular weight is 397 g/mol. The van der Waals surface area contributed by atoms with E-state index in [4.69, 9.17) is 4.98 Å². The molecule has 0 aromatic carbocycles. The summed E-state index contributed by atoms with van der Waals surface area (Å²) in [6, 6.07) is 0. The Balaban J connectivity index is 1.27. The molecule has 0 bridgehead atoms. The second-order valence-corrected chi connectivity index (χ2v) is 11.7. The summed E-state index contributed by atoms with van der Waals surface area (Å²) in [5, 5.41) is 10.6. The summed E-state index contributed by atoms with van der Waals surface area (Å²) < 4.78 is 0. The van der Waals surface area contributed by atoms with E-state index in [0.29, 0.717) is 5.41 Å². The van der Waals surface area contributed by atoms with Crippen molar-refractivity contribution in [3.05, 3.63) is 23.8 Å². The summed E-state index contributed by atoms with van der Waals surface area (Å²) in [5.41, 5.74) is 2.38. The number of nitrogens with zero attached hydrogens (tertiary/aromatic N) is 2. The zero-order chi connectivity index (χ0) is 20.2. The van der Waals surface area contributed by atoms with Gasteiger partial charge >= 0.3 is 0 Å². The summed E-state index contributed by atoms with van der Waals surface area (Å²) >= 11 is 0. The lowest BCUT2D eigenvalue weighted by atomic mass is 9.49. The molecule has 0 spiro atoms. The Morgan fingerprint density at radius 1 is 0.966 bits per heavy atom. The quantitative estimate of drug-likeness (QED) is 0.709. The van der Waals surface area contributed by atoms with E-state index in [-0.39, 0.29) is 0 Å². The number of hydrogen-bond acceptors (Lipinski definition) is 3. The van der Waals surface area contributed by atoms with E-state index in [1.807, 2.05) is 19.3 Å². The van der Waals surface area contributed by atoms with E-state index >= 15 is 0 Å². The number of rotatable bonds is 3. The molecule has 4 fully saturated rings. The molecule has 4 saturated carbocycles. The number of hydrogen-bond donors (Lipinski definition) is 1. The standard InChI is InChI=1S/C26H40N2O/c1-17-15-27-16-20(28-17)7-5-19-6-9-24-23-8-4-18-14-25(2,29)12-10-21(18)22(23)11-13-26(19,24)3/h15-16,18-19,21-24,29H,4-14H2,1-3H3/t18-,19+,21+,22-,23-,24+,25-,26-/m1/s1. The molecule has 1 aromatic heterocycles. The first-order valence-corrected chi connectivity index (χ1v) is 12.4. The monoisotopic (exact) mass is 396 g/mol. The second kappa shape index (κ2) is 7.32. The molecule has 29 heavy (non-hydrogen) atoms. The van der Waals surface area contributed by atoms with Gasteiger partial charge in [-0.1, -0.05) is 6.92 Å². The first-order valence-electron chi connectivity index (χ1n) is 12.4. The average Bonchev–Trinajstić information content (AvgIpc) is 3.01. The molecule has 4 aliphatic carbocycles. The number of aromatic nitrogens is 2. The molecule has 3 heteroatoms. The molecule has 0 saturated heterocycles. The molecular formula is C26H40N2O. The molecule has 0 radical (unpaired) electrons. The first-order chi connectivity index (χ1) is 13.9. The van der Waals surface area contributed by atoms with E-state index in [9.17, 15) is 5.11 Å². The molecule has 1 aromatic rings. The normalized spacial score (nSPS) is 46.6. The lowest BCUT2D eigenvalue weighted by Crippen LogP contribution is -2.50. The minimum atomic E-state index is -0.395. The SMILES string of the molecule is Cc1cncc(CC[C@H]2CC[C@H]3[C@@H]4CC[C@@H]5C[C@](C)(O)CC[C@@H]5[C@H]4CC[C@]23C)n1. The Morgan fingerprint density at radius 2 is 1.79 bits per heavy atom. The van der Waals surface area contributed by atoms with Crippen LogP contribution in [-0.4, -0.2) is 20.7 Å². The molecule has 5 rings (SSSR count). The zero-order valence-corrected chi connectivity index (χ0v) is 18.7. The number of aliphatic hydroxyl groups is 1. The first kappa shape index (κ1) is 20.0. The van der Waals surface area contributed by atoms with E-state index in [0.717, 1.165) is 60.5 Å². The highest BCUT2D eigenvalue weighted by atomic mass is 16.3. The molecule has 160 valence electrons. The van der Waals surface area contributed by atoms with Crippen molar-refractivity contribution in [1.29, 1.82) is 0 Å². The molecule has 3 nitrogen and oxygen atoms in total. The van der Waals surface area contributed by atoms with Crippen molar-refractivity contribution in [3.63, 3.8) is 0 Å². The fraction of sp³-hybridized carbons (Fsp3) is 0.846. The van der Waals surface area contributed by atoms with Crippen molar-refractivity contribution in [2.75, 3.05) is 0 Å². The highest BCUT2D eigenvalue weighted by Gasteiger charge is 2.57. The van der Waals surface area contributed by atoms with Crippen molar-refractivity contribution in [3.8, 4) is 0 Å². The van der Waals surface area contributed by atoms with Crippen LogP contribution in [0.25, 0.3) is 0 Å². The minimum Gasteiger partial charge on any atom is -0.390 e. The van der Waals surface area contributed by atoms with Crippen molar-refractivity contribution >= 4 is 0 Å². The van der Waals surface area contributed by atoms with Gasteiger partial charge in [0.2, 0.25) is 0 Å². The maximum absolute atomic E-state index is 10.6. The van der Waals surface area contributed by atoms with Crippen LogP contribution in [0.4, 0.5) is 0 Å². The highest BCUT2D eigenvalue weighted by Crippen LogP contribution is 2.65. The third-order valence-corrected chi connectivity index (χ3v) is 9.99. The molecular weight excluding hydrogens is 356 g/mol. The molecule has 0 amide bonds. The van der Waals surface area contributed by atoms with Crippen LogP contribution in [0.2, 0.25) is 0 Å². The third kappa shape index (κ3) is 3.56. The van der Waals surface area contributed by atoms with Crippen LogP contribution in [-0.2, 0) is 6.42 Å². The van der Waals surface area contributed by atoms with E-state index in [2.05, 4.69) is 18.8 Å². The smallest absolute Gasteiger partial charge is 0.0622 e. The predicted octanol–water partition coefficient (Wildman–Crippen LogP) is 5.74. The van der Waals surface area contributed by atoms with Gasteiger partial charge in [0.1, 0.15) is 0 Å². The lowest BCUT2D eigenvalue weighted by Gasteiger charge is -2.57. The van der Waals surface area contributed by atoms with Crippen LogP contribution < -0.4 is 0 Å². The topological polar surface area (TPSA) is 46.0 Å².